The Kier molecular flexibility index (Phi) is 5.91. The molecule has 0 aliphatic carbocycles. The summed E-state index contributed by atoms with van der Waals surface area (Å²) < 4.78 is 5.72. The summed E-state index contributed by atoms with van der Waals surface area (Å²) in [5, 5.41) is 13.0. The van der Waals surface area contributed by atoms with Crippen LogP contribution in [0.3, 0.4) is 0 Å². The monoisotopic (exact) mass is 407 g/mol. The molecule has 0 saturated heterocycles. The summed E-state index contributed by atoms with van der Waals surface area (Å²) in [7, 11) is 1.54. The molecule has 1 heterocycles. The molecule has 1 aromatic heterocycles. The summed E-state index contributed by atoms with van der Waals surface area (Å²) in [6.45, 7) is 0. The number of nitriles is 1. The Hall–Kier alpha value is -4.17. The molecule has 1 atom stereocenters. The summed E-state index contributed by atoms with van der Waals surface area (Å²) in [4.78, 5) is 18.3. The molecule has 0 unspecified atom stereocenters. The highest BCUT2D eigenvalue weighted by atomic mass is 16.5. The quantitative estimate of drug-likeness (QED) is 0.471. The number of benzene rings is 3. The van der Waals surface area contributed by atoms with Crippen molar-refractivity contribution in [2.45, 2.75) is 12.5 Å². The van der Waals surface area contributed by atoms with Gasteiger partial charge in [-0.3, -0.25) is 4.79 Å². The SMILES string of the molecule is COc1c(-c2ccccc2)nc2ccccc2c1C(=O)N[C@@H](CC#N)c1ccccc1. The van der Waals surface area contributed by atoms with Crippen LogP contribution in [0.15, 0.2) is 84.9 Å². The van der Waals surface area contributed by atoms with Gasteiger partial charge in [0, 0.05) is 10.9 Å². The van der Waals surface area contributed by atoms with Crippen molar-refractivity contribution in [1.82, 2.24) is 10.3 Å². The third-order valence-electron chi connectivity index (χ3n) is 5.13. The fraction of sp³-hybridized carbons (Fsp3) is 0.115. The first-order valence-electron chi connectivity index (χ1n) is 9.98. The van der Waals surface area contributed by atoms with Crippen molar-refractivity contribution in [2.75, 3.05) is 7.11 Å². The number of hydrogen-bond donors (Lipinski definition) is 1. The van der Waals surface area contributed by atoms with Crippen LogP contribution in [0.2, 0.25) is 0 Å². The molecule has 1 N–H and O–H groups in total. The Bertz CT molecular complexity index is 1250. The lowest BCUT2D eigenvalue weighted by molar-refractivity contribution is 0.0936. The maximum absolute atomic E-state index is 13.6. The normalized spacial score (nSPS) is 11.5. The summed E-state index contributed by atoms with van der Waals surface area (Å²) in [6.07, 6.45) is 0.159. The summed E-state index contributed by atoms with van der Waals surface area (Å²) in [5.41, 5.74) is 3.44. The van der Waals surface area contributed by atoms with E-state index in [1.807, 2.05) is 84.9 Å². The molecule has 0 bridgehead atoms. The van der Waals surface area contributed by atoms with Crippen LogP contribution in [0.1, 0.15) is 28.4 Å². The van der Waals surface area contributed by atoms with Crippen molar-refractivity contribution < 1.29 is 9.53 Å². The Balaban J connectivity index is 1.85. The average molecular weight is 407 g/mol. The van der Waals surface area contributed by atoms with E-state index >= 15 is 0 Å². The third-order valence-corrected chi connectivity index (χ3v) is 5.13. The maximum Gasteiger partial charge on any atom is 0.256 e. The molecule has 4 rings (SSSR count). The van der Waals surface area contributed by atoms with E-state index in [2.05, 4.69) is 11.4 Å². The van der Waals surface area contributed by atoms with Gasteiger partial charge in [-0.25, -0.2) is 4.98 Å². The van der Waals surface area contributed by atoms with Crippen LogP contribution in [0.5, 0.6) is 5.75 Å². The van der Waals surface area contributed by atoms with Crippen molar-refractivity contribution in [2.24, 2.45) is 0 Å². The van der Waals surface area contributed by atoms with E-state index in [4.69, 9.17) is 9.72 Å². The molecule has 5 nitrogen and oxygen atoms in total. The topological polar surface area (TPSA) is 75.0 Å². The van der Waals surface area contributed by atoms with E-state index in [9.17, 15) is 10.1 Å². The first kappa shape index (κ1) is 20.1. The minimum atomic E-state index is -0.435. The van der Waals surface area contributed by atoms with Gasteiger partial charge < -0.3 is 10.1 Å². The Morgan fingerprint density at radius 1 is 1.00 bits per heavy atom. The van der Waals surface area contributed by atoms with Gasteiger partial charge in [0.1, 0.15) is 5.69 Å². The molecular weight excluding hydrogens is 386 g/mol. The summed E-state index contributed by atoms with van der Waals surface area (Å²) in [5.74, 6) is 0.0999. The zero-order chi connectivity index (χ0) is 21.6. The largest absolute Gasteiger partial charge is 0.494 e. The number of aromatic nitrogens is 1. The van der Waals surface area contributed by atoms with E-state index in [1.165, 1.54) is 0 Å². The molecule has 3 aromatic carbocycles. The van der Waals surface area contributed by atoms with Crippen LogP contribution < -0.4 is 10.1 Å². The maximum atomic E-state index is 13.6. The van der Waals surface area contributed by atoms with Crippen molar-refractivity contribution in [3.63, 3.8) is 0 Å². The van der Waals surface area contributed by atoms with Crippen molar-refractivity contribution >= 4 is 16.8 Å². The van der Waals surface area contributed by atoms with Gasteiger partial charge in [0.25, 0.3) is 5.91 Å². The molecule has 0 radical (unpaired) electrons. The molecule has 152 valence electrons. The molecule has 0 fully saturated rings. The molecule has 1 amide bonds. The van der Waals surface area contributed by atoms with Gasteiger partial charge in [0.05, 0.1) is 36.7 Å². The highest BCUT2D eigenvalue weighted by Crippen LogP contribution is 2.36. The number of hydrogen-bond acceptors (Lipinski definition) is 4. The van der Waals surface area contributed by atoms with Crippen molar-refractivity contribution in [3.8, 4) is 23.1 Å². The number of pyridine rings is 1. The Morgan fingerprint density at radius 2 is 1.65 bits per heavy atom. The van der Waals surface area contributed by atoms with Crippen molar-refractivity contribution in [1.29, 1.82) is 5.26 Å². The molecule has 31 heavy (non-hydrogen) atoms. The number of carbonyl (C=O) groups excluding carboxylic acids is 1. The van der Waals surface area contributed by atoms with Crippen molar-refractivity contribution in [3.05, 3.63) is 96.1 Å². The van der Waals surface area contributed by atoms with Crippen LogP contribution in [0, 0.1) is 11.3 Å². The predicted octanol–water partition coefficient (Wildman–Crippen LogP) is 5.30. The number of amides is 1. The molecule has 4 aromatic rings. The predicted molar refractivity (Wildman–Crippen MR) is 121 cm³/mol. The van der Waals surface area contributed by atoms with Gasteiger partial charge in [0.2, 0.25) is 0 Å². The summed E-state index contributed by atoms with van der Waals surface area (Å²) in [6, 6.07) is 28.4. The van der Waals surface area contributed by atoms with Crippen LogP contribution in [-0.2, 0) is 0 Å². The first-order chi connectivity index (χ1) is 15.2. The minimum absolute atomic E-state index is 0.159. The molecule has 0 aliphatic heterocycles. The first-order valence-corrected chi connectivity index (χ1v) is 9.98. The smallest absolute Gasteiger partial charge is 0.256 e. The average Bonchev–Trinajstić information content (AvgIpc) is 2.83. The lowest BCUT2D eigenvalue weighted by atomic mass is 10.00. The molecule has 0 spiro atoms. The fourth-order valence-electron chi connectivity index (χ4n) is 3.67. The van der Waals surface area contributed by atoms with E-state index in [0.717, 1.165) is 11.1 Å². The molecule has 5 heteroatoms. The second-order valence-electron chi connectivity index (χ2n) is 7.05. The highest BCUT2D eigenvalue weighted by molar-refractivity contribution is 6.10. The molecule has 0 aliphatic rings. The number of nitrogens with one attached hydrogen (secondary N) is 1. The number of ether oxygens (including phenoxy) is 1. The lowest BCUT2D eigenvalue weighted by Gasteiger charge is -2.20. The number of carbonyl (C=O) groups is 1. The van der Waals surface area contributed by atoms with Crippen LogP contribution >= 0.6 is 0 Å². The van der Waals surface area contributed by atoms with Gasteiger partial charge in [-0.2, -0.15) is 5.26 Å². The van der Waals surface area contributed by atoms with E-state index < -0.39 is 6.04 Å². The highest BCUT2D eigenvalue weighted by Gasteiger charge is 2.24. The third kappa shape index (κ3) is 4.10. The lowest BCUT2D eigenvalue weighted by Crippen LogP contribution is -2.29. The van der Waals surface area contributed by atoms with Gasteiger partial charge in [-0.1, -0.05) is 78.9 Å². The van der Waals surface area contributed by atoms with Crippen LogP contribution in [0.25, 0.3) is 22.2 Å². The van der Waals surface area contributed by atoms with Crippen LogP contribution in [-0.4, -0.2) is 18.0 Å². The van der Waals surface area contributed by atoms with Gasteiger partial charge in [-0.15, -0.1) is 0 Å². The van der Waals surface area contributed by atoms with Gasteiger partial charge in [-0.05, 0) is 11.6 Å². The minimum Gasteiger partial charge on any atom is -0.494 e. The Morgan fingerprint density at radius 3 is 2.32 bits per heavy atom. The number of methoxy groups -OCH3 is 1. The zero-order valence-electron chi connectivity index (χ0n) is 17.1. The molecule has 0 saturated carbocycles. The van der Waals surface area contributed by atoms with Crippen LogP contribution in [0.4, 0.5) is 0 Å². The number of para-hydroxylation sites is 1. The van der Waals surface area contributed by atoms with E-state index in [0.29, 0.717) is 27.9 Å². The zero-order valence-corrected chi connectivity index (χ0v) is 17.1. The number of fused-ring (bicyclic) bond motifs is 1. The standard InChI is InChI=1S/C26H21N3O2/c1-31-25-23(26(30)29-21(16-17-27)18-10-4-2-5-11-18)20-14-8-9-15-22(20)28-24(25)19-12-6-3-7-13-19/h2-15,21H,16H2,1H3,(H,29,30)/t21-/m0/s1. The second-order valence-corrected chi connectivity index (χ2v) is 7.05. The molecular formula is C26H21N3O2. The Labute approximate surface area is 180 Å². The second kappa shape index (κ2) is 9.10. The van der Waals surface area contributed by atoms with Gasteiger partial charge in [0.15, 0.2) is 5.75 Å². The van der Waals surface area contributed by atoms with Gasteiger partial charge >= 0.3 is 0 Å². The van der Waals surface area contributed by atoms with E-state index in [1.54, 1.807) is 7.11 Å². The number of rotatable bonds is 6. The summed E-state index contributed by atoms with van der Waals surface area (Å²) >= 11 is 0. The fourth-order valence-corrected chi connectivity index (χ4v) is 3.67. The number of nitrogens with zero attached hydrogens (tertiary/aromatic N) is 2. The van der Waals surface area contributed by atoms with E-state index in [-0.39, 0.29) is 12.3 Å².